The number of aromatic nitrogens is 1. The highest BCUT2D eigenvalue weighted by atomic mass is 16.3. The average Bonchev–Trinajstić information content (AvgIpc) is 2.26. The number of rotatable bonds is 5. The maximum Gasteiger partial charge on any atom is 0.0584 e. The summed E-state index contributed by atoms with van der Waals surface area (Å²) in [6.07, 6.45) is 4.51. The van der Waals surface area contributed by atoms with E-state index >= 15 is 0 Å². The summed E-state index contributed by atoms with van der Waals surface area (Å²) in [6.45, 7) is 4.34. The quantitative estimate of drug-likeness (QED) is 0.746. The van der Waals surface area contributed by atoms with Crippen molar-refractivity contribution in [3.8, 4) is 0 Å². The summed E-state index contributed by atoms with van der Waals surface area (Å²) in [4.78, 5) is 3.97. The summed E-state index contributed by atoms with van der Waals surface area (Å²) in [5.41, 5.74) is 1.20. The topological polar surface area (TPSA) is 45.1 Å². The molecule has 2 N–H and O–H groups in total. The number of pyridine rings is 1. The van der Waals surface area contributed by atoms with E-state index < -0.39 is 0 Å². The van der Waals surface area contributed by atoms with E-state index in [-0.39, 0.29) is 18.7 Å². The van der Waals surface area contributed by atoms with Crippen molar-refractivity contribution in [3.63, 3.8) is 0 Å². The second-order valence-electron chi connectivity index (χ2n) is 3.46. The zero-order chi connectivity index (χ0) is 10.4. The molecule has 0 bridgehead atoms. The number of hydrogen-bond acceptors (Lipinski definition) is 3. The molecule has 0 aromatic carbocycles. The van der Waals surface area contributed by atoms with E-state index in [0.29, 0.717) is 0 Å². The number of aliphatic hydroxyl groups excluding tert-OH is 1. The maximum atomic E-state index is 9.05. The minimum atomic E-state index is 0.179. The lowest BCUT2D eigenvalue weighted by Gasteiger charge is -2.20. The van der Waals surface area contributed by atoms with Crippen LogP contribution >= 0.6 is 0 Å². The number of nitrogens with zero attached hydrogens (tertiary/aromatic N) is 1. The highest BCUT2D eigenvalue weighted by Gasteiger charge is 2.09. The summed E-state index contributed by atoms with van der Waals surface area (Å²) in [5.74, 6) is 0. The molecule has 0 radical (unpaired) electrons. The molecule has 1 unspecified atom stereocenters. The molecule has 3 nitrogen and oxygen atoms in total. The minimum Gasteiger partial charge on any atom is -0.395 e. The Morgan fingerprint density at radius 3 is 2.57 bits per heavy atom. The zero-order valence-corrected chi connectivity index (χ0v) is 8.77. The monoisotopic (exact) mass is 194 g/mol. The molecule has 1 aromatic rings. The van der Waals surface area contributed by atoms with Gasteiger partial charge < -0.3 is 10.4 Å². The predicted octanol–water partition coefficient (Wildman–Crippen LogP) is 1.50. The SMILES string of the molecule is CC[C@H](CO)NC(C)c1ccncc1. The van der Waals surface area contributed by atoms with E-state index in [1.165, 1.54) is 5.56 Å². The molecule has 0 saturated carbocycles. The molecule has 1 rings (SSSR count). The molecule has 0 spiro atoms. The first kappa shape index (κ1) is 11.1. The van der Waals surface area contributed by atoms with Crippen molar-refractivity contribution in [3.05, 3.63) is 30.1 Å². The lowest BCUT2D eigenvalue weighted by atomic mass is 10.1. The van der Waals surface area contributed by atoms with Crippen LogP contribution in [0.15, 0.2) is 24.5 Å². The van der Waals surface area contributed by atoms with Crippen molar-refractivity contribution in [1.29, 1.82) is 0 Å². The first-order chi connectivity index (χ1) is 6.77. The Bertz CT molecular complexity index is 247. The summed E-state index contributed by atoms with van der Waals surface area (Å²) < 4.78 is 0. The molecule has 2 atom stereocenters. The van der Waals surface area contributed by atoms with Gasteiger partial charge in [0, 0.05) is 24.5 Å². The van der Waals surface area contributed by atoms with Gasteiger partial charge in [-0.3, -0.25) is 4.98 Å². The normalized spacial score (nSPS) is 15.1. The van der Waals surface area contributed by atoms with Gasteiger partial charge in [-0.25, -0.2) is 0 Å². The second kappa shape index (κ2) is 5.73. The van der Waals surface area contributed by atoms with E-state index in [1.54, 1.807) is 12.4 Å². The Labute approximate surface area is 85.2 Å². The highest BCUT2D eigenvalue weighted by molar-refractivity contribution is 5.14. The molecule has 0 aliphatic carbocycles. The van der Waals surface area contributed by atoms with Crippen LogP contribution in [0.4, 0.5) is 0 Å². The first-order valence-electron chi connectivity index (χ1n) is 5.04. The predicted molar refractivity (Wildman–Crippen MR) is 57.0 cm³/mol. The number of aliphatic hydroxyl groups is 1. The number of nitrogens with one attached hydrogen (secondary N) is 1. The van der Waals surface area contributed by atoms with E-state index in [2.05, 4.69) is 24.1 Å². The molecule has 0 fully saturated rings. The van der Waals surface area contributed by atoms with Gasteiger partial charge in [-0.15, -0.1) is 0 Å². The van der Waals surface area contributed by atoms with Crippen LogP contribution in [0, 0.1) is 0 Å². The second-order valence-corrected chi connectivity index (χ2v) is 3.46. The molecular weight excluding hydrogens is 176 g/mol. The molecule has 78 valence electrons. The fraction of sp³-hybridized carbons (Fsp3) is 0.545. The van der Waals surface area contributed by atoms with Gasteiger partial charge in [0.1, 0.15) is 0 Å². The Kier molecular flexibility index (Phi) is 4.56. The largest absolute Gasteiger partial charge is 0.395 e. The molecule has 3 heteroatoms. The van der Waals surface area contributed by atoms with Crippen LogP contribution < -0.4 is 5.32 Å². The third kappa shape index (κ3) is 3.09. The molecule has 0 aliphatic heterocycles. The summed E-state index contributed by atoms with van der Waals surface area (Å²) in [5, 5.41) is 12.4. The van der Waals surface area contributed by atoms with Crippen LogP contribution in [-0.2, 0) is 0 Å². The molecule has 1 aromatic heterocycles. The van der Waals surface area contributed by atoms with Crippen LogP contribution in [0.2, 0.25) is 0 Å². The van der Waals surface area contributed by atoms with Crippen molar-refractivity contribution in [2.75, 3.05) is 6.61 Å². The fourth-order valence-corrected chi connectivity index (χ4v) is 1.40. The molecule has 0 aliphatic rings. The third-order valence-electron chi connectivity index (χ3n) is 2.40. The maximum absolute atomic E-state index is 9.05. The van der Waals surface area contributed by atoms with E-state index in [9.17, 15) is 0 Å². The van der Waals surface area contributed by atoms with Crippen molar-refractivity contribution >= 4 is 0 Å². The van der Waals surface area contributed by atoms with Crippen LogP contribution in [0.25, 0.3) is 0 Å². The van der Waals surface area contributed by atoms with Gasteiger partial charge in [0.05, 0.1) is 6.61 Å². The lowest BCUT2D eigenvalue weighted by Crippen LogP contribution is -2.33. The molecule has 0 saturated heterocycles. The van der Waals surface area contributed by atoms with Crippen molar-refractivity contribution < 1.29 is 5.11 Å². The summed E-state index contributed by atoms with van der Waals surface area (Å²) >= 11 is 0. The van der Waals surface area contributed by atoms with Crippen molar-refractivity contribution in [1.82, 2.24) is 10.3 Å². The highest BCUT2D eigenvalue weighted by Crippen LogP contribution is 2.11. The number of hydrogen-bond donors (Lipinski definition) is 2. The van der Waals surface area contributed by atoms with Gasteiger partial charge >= 0.3 is 0 Å². The van der Waals surface area contributed by atoms with Crippen LogP contribution in [-0.4, -0.2) is 22.7 Å². The van der Waals surface area contributed by atoms with Gasteiger partial charge in [0.25, 0.3) is 0 Å². The van der Waals surface area contributed by atoms with Gasteiger partial charge in [-0.1, -0.05) is 6.92 Å². The van der Waals surface area contributed by atoms with E-state index in [4.69, 9.17) is 5.11 Å². The first-order valence-corrected chi connectivity index (χ1v) is 5.04. The molecule has 14 heavy (non-hydrogen) atoms. The van der Waals surface area contributed by atoms with Crippen LogP contribution in [0.5, 0.6) is 0 Å². The van der Waals surface area contributed by atoms with Gasteiger partial charge in [0.15, 0.2) is 0 Å². The average molecular weight is 194 g/mol. The molecule has 1 heterocycles. The Hall–Kier alpha value is -0.930. The molecular formula is C11H18N2O. The Morgan fingerprint density at radius 2 is 2.07 bits per heavy atom. The summed E-state index contributed by atoms with van der Waals surface area (Å²) in [6, 6.07) is 4.41. The van der Waals surface area contributed by atoms with E-state index in [1.807, 2.05) is 12.1 Å². The zero-order valence-electron chi connectivity index (χ0n) is 8.77. The third-order valence-corrected chi connectivity index (χ3v) is 2.40. The van der Waals surface area contributed by atoms with Crippen LogP contribution in [0.3, 0.4) is 0 Å². The fourth-order valence-electron chi connectivity index (χ4n) is 1.40. The smallest absolute Gasteiger partial charge is 0.0584 e. The van der Waals surface area contributed by atoms with Gasteiger partial charge in [-0.2, -0.15) is 0 Å². The lowest BCUT2D eigenvalue weighted by molar-refractivity contribution is 0.230. The Morgan fingerprint density at radius 1 is 1.43 bits per heavy atom. The van der Waals surface area contributed by atoms with Gasteiger partial charge in [-0.05, 0) is 31.0 Å². The van der Waals surface area contributed by atoms with Crippen molar-refractivity contribution in [2.45, 2.75) is 32.4 Å². The van der Waals surface area contributed by atoms with Crippen molar-refractivity contribution in [2.24, 2.45) is 0 Å². The Balaban J connectivity index is 2.54. The minimum absolute atomic E-state index is 0.179. The van der Waals surface area contributed by atoms with Crippen LogP contribution in [0.1, 0.15) is 31.9 Å². The standard InChI is InChI=1S/C11H18N2O/c1-3-11(8-14)13-9(2)10-4-6-12-7-5-10/h4-7,9,11,13-14H,3,8H2,1-2H3/t9?,11-/m1/s1. The molecule has 0 amide bonds. The van der Waals surface area contributed by atoms with E-state index in [0.717, 1.165) is 6.42 Å². The van der Waals surface area contributed by atoms with Gasteiger partial charge in [0.2, 0.25) is 0 Å². The summed E-state index contributed by atoms with van der Waals surface area (Å²) in [7, 11) is 0.